The van der Waals surface area contributed by atoms with E-state index in [-0.39, 0.29) is 0 Å². The Morgan fingerprint density at radius 1 is 0.340 bits per heavy atom. The summed E-state index contributed by atoms with van der Waals surface area (Å²) < 4.78 is 13.1. The van der Waals surface area contributed by atoms with Gasteiger partial charge in [-0.2, -0.15) is 0 Å². The van der Waals surface area contributed by atoms with Gasteiger partial charge in [0.2, 0.25) is 0 Å². The molecule has 232 valence electrons. The average Bonchev–Trinajstić information content (AvgIpc) is 3.76. The monoisotopic (exact) mass is 639 g/mol. The summed E-state index contributed by atoms with van der Waals surface area (Å²) in [6, 6.07) is 52.1. The van der Waals surface area contributed by atoms with Crippen molar-refractivity contribution in [1.82, 2.24) is 15.0 Å². The zero-order valence-electron chi connectivity index (χ0n) is 26.6. The molecule has 0 N–H and O–H groups in total. The van der Waals surface area contributed by atoms with Crippen LogP contribution in [0, 0.1) is 0 Å². The first-order valence-corrected chi connectivity index (χ1v) is 16.7. The van der Waals surface area contributed by atoms with Crippen molar-refractivity contribution < 1.29 is 8.83 Å². The Bertz CT molecular complexity index is 3160. The Kier molecular flexibility index (Phi) is 5.60. The number of fused-ring (bicyclic) bond motifs is 12. The Balaban J connectivity index is 1.26. The summed E-state index contributed by atoms with van der Waals surface area (Å²) in [5, 5.41) is 10.7. The summed E-state index contributed by atoms with van der Waals surface area (Å²) in [4.78, 5) is 15.5. The predicted octanol–water partition coefficient (Wildman–Crippen LogP) is 12.1. The molecule has 0 atom stereocenters. The van der Waals surface area contributed by atoms with Crippen LogP contribution in [0.3, 0.4) is 0 Å². The van der Waals surface area contributed by atoms with E-state index in [9.17, 15) is 0 Å². The summed E-state index contributed by atoms with van der Waals surface area (Å²) in [5.74, 6) is 1.78. The lowest BCUT2D eigenvalue weighted by atomic mass is 9.95. The van der Waals surface area contributed by atoms with Crippen molar-refractivity contribution in [3.05, 3.63) is 152 Å². The van der Waals surface area contributed by atoms with E-state index in [1.807, 2.05) is 60.7 Å². The summed E-state index contributed by atoms with van der Waals surface area (Å²) in [5.41, 5.74) is 6.06. The first kappa shape index (κ1) is 27.1. The fourth-order valence-electron chi connectivity index (χ4n) is 7.54. The van der Waals surface area contributed by atoms with E-state index >= 15 is 0 Å². The number of benzene rings is 8. The van der Waals surface area contributed by atoms with Crippen LogP contribution >= 0.6 is 0 Å². The minimum atomic E-state index is 0.585. The van der Waals surface area contributed by atoms with Gasteiger partial charge in [-0.3, -0.25) is 0 Å². The standard InChI is InChI=1S/C45H25N3O2/c1-2-12-28(13-3-1)43-46-44(30-21-23-38-35(25-30)33-16-8-9-17-37(33)49-38)48-45(47-43)36-24-29-19-18-26-10-4-6-14-31(26)39(29)42-40(36)34-22-20-27-11-5-7-15-32(27)41(34)50-42/h1-25H. The highest BCUT2D eigenvalue weighted by atomic mass is 16.3. The van der Waals surface area contributed by atoms with E-state index in [0.717, 1.165) is 92.9 Å². The summed E-state index contributed by atoms with van der Waals surface area (Å²) in [7, 11) is 0. The molecule has 0 fully saturated rings. The van der Waals surface area contributed by atoms with Gasteiger partial charge >= 0.3 is 0 Å². The molecule has 8 aromatic carbocycles. The lowest BCUT2D eigenvalue weighted by Gasteiger charge is -2.11. The Labute approximate surface area is 285 Å². The number of nitrogens with zero attached hydrogens (tertiary/aromatic N) is 3. The van der Waals surface area contributed by atoms with Crippen LogP contribution in [0.4, 0.5) is 0 Å². The van der Waals surface area contributed by atoms with Crippen LogP contribution in [-0.4, -0.2) is 15.0 Å². The third-order valence-corrected chi connectivity index (χ3v) is 9.88. The number of furan rings is 2. The fourth-order valence-corrected chi connectivity index (χ4v) is 7.54. The molecule has 3 heterocycles. The van der Waals surface area contributed by atoms with Crippen molar-refractivity contribution in [3.8, 4) is 34.2 Å². The van der Waals surface area contributed by atoms with Crippen molar-refractivity contribution in [2.45, 2.75) is 0 Å². The smallest absolute Gasteiger partial charge is 0.164 e. The molecule has 0 bridgehead atoms. The third-order valence-electron chi connectivity index (χ3n) is 9.88. The van der Waals surface area contributed by atoms with E-state index in [1.54, 1.807) is 0 Å². The number of rotatable bonds is 3. The number of aromatic nitrogens is 3. The predicted molar refractivity (Wildman–Crippen MR) is 203 cm³/mol. The molecule has 3 aromatic heterocycles. The maximum atomic E-state index is 6.98. The van der Waals surface area contributed by atoms with Crippen LogP contribution in [0.2, 0.25) is 0 Å². The van der Waals surface area contributed by atoms with Crippen LogP contribution in [0.5, 0.6) is 0 Å². The lowest BCUT2D eigenvalue weighted by Crippen LogP contribution is -2.00. The summed E-state index contributed by atoms with van der Waals surface area (Å²) in [6.07, 6.45) is 0. The van der Waals surface area contributed by atoms with Crippen LogP contribution in [0.1, 0.15) is 0 Å². The second-order valence-corrected chi connectivity index (χ2v) is 12.8. The first-order chi connectivity index (χ1) is 24.8. The molecule has 0 saturated heterocycles. The topological polar surface area (TPSA) is 65.0 Å². The van der Waals surface area contributed by atoms with Gasteiger partial charge in [0.05, 0.1) is 0 Å². The molecule has 11 rings (SSSR count). The fraction of sp³-hybridized carbons (Fsp3) is 0. The molecule has 0 aliphatic rings. The van der Waals surface area contributed by atoms with Gasteiger partial charge in [-0.1, -0.05) is 115 Å². The molecule has 0 unspecified atom stereocenters. The number of hydrogen-bond donors (Lipinski definition) is 0. The van der Waals surface area contributed by atoms with Crippen LogP contribution < -0.4 is 0 Å². The largest absolute Gasteiger partial charge is 0.456 e. The molecule has 11 aromatic rings. The quantitative estimate of drug-likeness (QED) is 0.180. The van der Waals surface area contributed by atoms with Gasteiger partial charge in [-0.25, -0.2) is 15.0 Å². The van der Waals surface area contributed by atoms with Gasteiger partial charge in [-0.15, -0.1) is 0 Å². The van der Waals surface area contributed by atoms with Crippen molar-refractivity contribution in [2.75, 3.05) is 0 Å². The molecule has 0 radical (unpaired) electrons. The molecule has 0 aliphatic heterocycles. The molecule has 5 nitrogen and oxygen atoms in total. The highest BCUT2D eigenvalue weighted by molar-refractivity contribution is 6.28. The number of para-hydroxylation sites is 1. The zero-order valence-corrected chi connectivity index (χ0v) is 26.6. The lowest BCUT2D eigenvalue weighted by molar-refractivity contribution is 0.669. The maximum Gasteiger partial charge on any atom is 0.164 e. The minimum Gasteiger partial charge on any atom is -0.456 e. The average molecular weight is 640 g/mol. The van der Waals surface area contributed by atoms with Gasteiger partial charge in [0, 0.05) is 49.0 Å². The van der Waals surface area contributed by atoms with Gasteiger partial charge in [0.25, 0.3) is 0 Å². The molecule has 50 heavy (non-hydrogen) atoms. The minimum absolute atomic E-state index is 0.585. The van der Waals surface area contributed by atoms with Gasteiger partial charge in [-0.05, 0) is 57.9 Å². The highest BCUT2D eigenvalue weighted by Crippen LogP contribution is 2.45. The van der Waals surface area contributed by atoms with E-state index in [4.69, 9.17) is 23.8 Å². The SMILES string of the molecule is c1ccc(-c2nc(-c3ccc4oc5ccccc5c4c3)nc(-c3cc4ccc5ccccc5c4c4oc5c6ccccc6ccc5c34)n2)cc1. The summed E-state index contributed by atoms with van der Waals surface area (Å²) >= 11 is 0. The van der Waals surface area contributed by atoms with Gasteiger partial charge < -0.3 is 8.83 Å². The van der Waals surface area contributed by atoms with E-state index < -0.39 is 0 Å². The normalized spacial score (nSPS) is 12.0. The number of hydrogen-bond acceptors (Lipinski definition) is 5. The van der Waals surface area contributed by atoms with Crippen molar-refractivity contribution in [3.63, 3.8) is 0 Å². The highest BCUT2D eigenvalue weighted by Gasteiger charge is 2.22. The van der Waals surface area contributed by atoms with Crippen LogP contribution in [-0.2, 0) is 0 Å². The van der Waals surface area contributed by atoms with E-state index in [0.29, 0.717) is 17.5 Å². The van der Waals surface area contributed by atoms with Gasteiger partial charge in [0.15, 0.2) is 17.5 Å². The Morgan fingerprint density at radius 3 is 1.84 bits per heavy atom. The maximum absolute atomic E-state index is 6.98. The van der Waals surface area contributed by atoms with E-state index in [1.165, 1.54) is 0 Å². The van der Waals surface area contributed by atoms with Crippen molar-refractivity contribution in [2.24, 2.45) is 0 Å². The molecule has 0 amide bonds. The second-order valence-electron chi connectivity index (χ2n) is 12.8. The molecule has 0 saturated carbocycles. The molecule has 5 heteroatoms. The Morgan fingerprint density at radius 2 is 0.980 bits per heavy atom. The molecule has 0 aliphatic carbocycles. The third kappa shape index (κ3) is 3.98. The second kappa shape index (κ2) is 10.3. The van der Waals surface area contributed by atoms with E-state index in [2.05, 4.69) is 91.0 Å². The van der Waals surface area contributed by atoms with Crippen LogP contribution in [0.15, 0.2) is 160 Å². The summed E-state index contributed by atoms with van der Waals surface area (Å²) in [6.45, 7) is 0. The Hall–Kier alpha value is -6.85. The van der Waals surface area contributed by atoms with Crippen molar-refractivity contribution in [1.29, 1.82) is 0 Å². The molecular weight excluding hydrogens is 615 g/mol. The molecule has 0 spiro atoms. The first-order valence-electron chi connectivity index (χ1n) is 16.7. The molecular formula is C45H25N3O2. The zero-order chi connectivity index (χ0) is 32.8. The van der Waals surface area contributed by atoms with Crippen molar-refractivity contribution >= 4 is 76.2 Å². The van der Waals surface area contributed by atoms with Crippen LogP contribution in [0.25, 0.3) is 110 Å². The van der Waals surface area contributed by atoms with Gasteiger partial charge in [0.1, 0.15) is 22.3 Å².